The molecule has 3 aromatic heterocycles. The van der Waals surface area contributed by atoms with E-state index in [0.29, 0.717) is 15.8 Å². The number of methoxy groups -OCH3 is 1. The van der Waals surface area contributed by atoms with Crippen LogP contribution in [0.3, 0.4) is 0 Å². The smallest absolute Gasteiger partial charge is 0.325 e. The molecule has 3 rings (SSSR count). The summed E-state index contributed by atoms with van der Waals surface area (Å²) in [4.78, 5) is 37.2. The van der Waals surface area contributed by atoms with E-state index in [1.165, 1.54) is 11.7 Å². The molecule has 0 atom stereocenters. The summed E-state index contributed by atoms with van der Waals surface area (Å²) in [5.41, 5.74) is 0.656. The summed E-state index contributed by atoms with van der Waals surface area (Å²) < 4.78 is 6.39. The number of fused-ring (bicyclic) bond motifs is 1. The van der Waals surface area contributed by atoms with Gasteiger partial charge in [-0.3, -0.25) is 19.1 Å². The fourth-order valence-corrected chi connectivity index (χ4v) is 2.41. The number of ether oxygens (including phenoxy) is 1. The maximum Gasteiger partial charge on any atom is 0.325 e. The van der Waals surface area contributed by atoms with Gasteiger partial charge in [0.05, 0.1) is 12.6 Å². The predicted molar refractivity (Wildman–Crippen MR) is 86.7 cm³/mol. The van der Waals surface area contributed by atoms with Crippen LogP contribution in [0, 0.1) is 0 Å². The Hall–Kier alpha value is -2.61. The van der Waals surface area contributed by atoms with Crippen LogP contribution >= 0.6 is 15.9 Å². The number of aromatic nitrogens is 4. The minimum atomic E-state index is -0.555. The Morgan fingerprint density at radius 2 is 2.09 bits per heavy atom. The molecule has 0 N–H and O–H groups in total. The maximum atomic E-state index is 12.7. The first kappa shape index (κ1) is 15.3. The number of rotatable bonds is 3. The van der Waals surface area contributed by atoms with E-state index in [9.17, 15) is 9.59 Å². The molecule has 0 saturated heterocycles. The van der Waals surface area contributed by atoms with Crippen molar-refractivity contribution in [2.75, 3.05) is 7.11 Å². The second-order valence-electron chi connectivity index (χ2n) is 4.62. The highest BCUT2D eigenvalue weighted by Crippen LogP contribution is 2.17. The van der Waals surface area contributed by atoms with Crippen molar-refractivity contribution in [3.63, 3.8) is 0 Å². The molecule has 8 heteroatoms. The number of hydrogen-bond acceptors (Lipinski definition) is 6. The van der Waals surface area contributed by atoms with Gasteiger partial charge in [0.15, 0.2) is 11.3 Å². The van der Waals surface area contributed by atoms with E-state index in [2.05, 4.69) is 35.6 Å². The normalized spacial score (nSPS) is 10.7. The van der Waals surface area contributed by atoms with Gasteiger partial charge in [-0.15, -0.1) is 0 Å². The second kappa shape index (κ2) is 6.25. The molecule has 116 valence electrons. The molecule has 3 heterocycles. The van der Waals surface area contributed by atoms with Crippen LogP contribution in [0.1, 0.15) is 0 Å². The van der Waals surface area contributed by atoms with Crippen molar-refractivity contribution in [2.45, 2.75) is 6.54 Å². The lowest BCUT2D eigenvalue weighted by atomic mass is 10.3. The van der Waals surface area contributed by atoms with Crippen LogP contribution in [0.4, 0.5) is 0 Å². The quantitative estimate of drug-likeness (QED) is 0.513. The van der Waals surface area contributed by atoms with E-state index < -0.39 is 11.5 Å². The fourth-order valence-electron chi connectivity index (χ4n) is 2.10. The Kier molecular flexibility index (Phi) is 4.16. The van der Waals surface area contributed by atoms with Gasteiger partial charge in [0.1, 0.15) is 16.8 Å². The second-order valence-corrected chi connectivity index (χ2v) is 5.43. The first-order valence-corrected chi connectivity index (χ1v) is 7.45. The number of carbonyl (C=O) groups is 1. The molecule has 3 aromatic rings. The third kappa shape index (κ3) is 2.98. The Morgan fingerprint density at radius 3 is 2.78 bits per heavy atom. The zero-order chi connectivity index (χ0) is 16.4. The number of pyridine rings is 2. The topological polar surface area (TPSA) is 87.0 Å². The molecule has 0 aliphatic carbocycles. The van der Waals surface area contributed by atoms with Gasteiger partial charge in [0.2, 0.25) is 0 Å². The van der Waals surface area contributed by atoms with Crippen LogP contribution in [0.5, 0.6) is 0 Å². The highest BCUT2D eigenvalue weighted by molar-refractivity contribution is 9.10. The molecule has 0 bridgehead atoms. The molecule has 0 aliphatic heterocycles. The zero-order valence-corrected chi connectivity index (χ0v) is 13.6. The molecular weight excluding hydrogens is 364 g/mol. The minimum absolute atomic E-state index is 0.169. The average molecular weight is 375 g/mol. The lowest BCUT2D eigenvalue weighted by molar-refractivity contribution is -0.141. The average Bonchev–Trinajstić information content (AvgIpc) is 2.58. The van der Waals surface area contributed by atoms with Crippen LogP contribution in [0.2, 0.25) is 0 Å². The predicted octanol–water partition coefficient (Wildman–Crippen LogP) is 1.79. The third-order valence-electron chi connectivity index (χ3n) is 3.18. The van der Waals surface area contributed by atoms with Crippen molar-refractivity contribution in [3.05, 3.63) is 51.5 Å². The monoisotopic (exact) mass is 374 g/mol. The van der Waals surface area contributed by atoms with Crippen molar-refractivity contribution in [1.82, 2.24) is 19.5 Å². The number of esters is 1. The Balaban J connectivity index is 2.32. The van der Waals surface area contributed by atoms with Crippen LogP contribution in [-0.4, -0.2) is 32.6 Å². The van der Waals surface area contributed by atoms with Crippen LogP contribution < -0.4 is 5.56 Å². The van der Waals surface area contributed by atoms with E-state index in [1.54, 1.807) is 36.5 Å². The standard InChI is InChI=1S/C15H11BrN4O3/c1-23-12(21)8-20-14(10-4-2-3-7-17-10)18-9-5-6-11(16)19-13(9)15(20)22/h2-7H,8H2,1H3. The van der Waals surface area contributed by atoms with Gasteiger partial charge in [0, 0.05) is 6.20 Å². The lowest BCUT2D eigenvalue weighted by Gasteiger charge is -2.11. The Morgan fingerprint density at radius 1 is 1.26 bits per heavy atom. The van der Waals surface area contributed by atoms with Crippen molar-refractivity contribution < 1.29 is 9.53 Å². The van der Waals surface area contributed by atoms with Gasteiger partial charge in [-0.25, -0.2) is 9.97 Å². The molecule has 0 amide bonds. The molecule has 0 fully saturated rings. The summed E-state index contributed by atoms with van der Waals surface area (Å²) in [6.07, 6.45) is 1.59. The first-order valence-electron chi connectivity index (χ1n) is 6.65. The highest BCUT2D eigenvalue weighted by atomic mass is 79.9. The Bertz CT molecular complexity index is 941. The van der Waals surface area contributed by atoms with E-state index in [4.69, 9.17) is 0 Å². The SMILES string of the molecule is COC(=O)Cn1c(-c2ccccn2)nc2ccc(Br)nc2c1=O. The van der Waals surface area contributed by atoms with Crippen molar-refractivity contribution in [3.8, 4) is 11.5 Å². The van der Waals surface area contributed by atoms with Crippen LogP contribution in [0.15, 0.2) is 45.9 Å². The number of carbonyl (C=O) groups excluding carboxylic acids is 1. The molecular formula is C15H11BrN4O3. The van der Waals surface area contributed by atoms with E-state index in [0.717, 1.165) is 0 Å². The van der Waals surface area contributed by atoms with E-state index in [1.807, 2.05) is 0 Å². The molecule has 0 radical (unpaired) electrons. The van der Waals surface area contributed by atoms with Gasteiger partial charge >= 0.3 is 5.97 Å². The van der Waals surface area contributed by atoms with E-state index in [-0.39, 0.29) is 17.9 Å². The highest BCUT2D eigenvalue weighted by Gasteiger charge is 2.17. The van der Waals surface area contributed by atoms with Gasteiger partial charge < -0.3 is 4.74 Å². The van der Waals surface area contributed by atoms with Crippen LogP contribution in [0.25, 0.3) is 22.6 Å². The van der Waals surface area contributed by atoms with Gasteiger partial charge in [-0.2, -0.15) is 0 Å². The third-order valence-corrected chi connectivity index (χ3v) is 3.62. The Labute approximate surface area is 139 Å². The van der Waals surface area contributed by atoms with Gasteiger partial charge in [-0.05, 0) is 40.2 Å². The molecule has 23 heavy (non-hydrogen) atoms. The summed E-state index contributed by atoms with van der Waals surface area (Å²) in [5.74, 6) is -0.266. The number of hydrogen-bond donors (Lipinski definition) is 0. The van der Waals surface area contributed by atoms with Crippen molar-refractivity contribution >= 4 is 32.9 Å². The number of nitrogens with zero attached hydrogens (tertiary/aromatic N) is 4. The molecule has 0 aliphatic rings. The van der Waals surface area contributed by atoms with Gasteiger partial charge in [-0.1, -0.05) is 6.07 Å². The molecule has 0 unspecified atom stereocenters. The fraction of sp³-hybridized carbons (Fsp3) is 0.133. The lowest BCUT2D eigenvalue weighted by Crippen LogP contribution is -2.28. The van der Waals surface area contributed by atoms with E-state index >= 15 is 0 Å². The molecule has 7 nitrogen and oxygen atoms in total. The van der Waals surface area contributed by atoms with Crippen LogP contribution in [-0.2, 0) is 16.1 Å². The maximum absolute atomic E-state index is 12.7. The summed E-state index contributed by atoms with van der Waals surface area (Å²) >= 11 is 3.23. The largest absolute Gasteiger partial charge is 0.468 e. The minimum Gasteiger partial charge on any atom is -0.468 e. The number of halogens is 1. The van der Waals surface area contributed by atoms with Crippen molar-refractivity contribution in [1.29, 1.82) is 0 Å². The zero-order valence-electron chi connectivity index (χ0n) is 12.1. The summed E-state index contributed by atoms with van der Waals surface area (Å²) in [7, 11) is 1.26. The summed E-state index contributed by atoms with van der Waals surface area (Å²) in [6, 6.07) is 8.63. The van der Waals surface area contributed by atoms with Gasteiger partial charge in [0.25, 0.3) is 5.56 Å². The summed E-state index contributed by atoms with van der Waals surface area (Å²) in [6.45, 7) is -0.266. The van der Waals surface area contributed by atoms with Crippen molar-refractivity contribution in [2.24, 2.45) is 0 Å². The molecule has 0 aromatic carbocycles. The molecule has 0 saturated carbocycles. The first-order chi connectivity index (χ1) is 11.1. The summed E-state index contributed by atoms with van der Waals surface area (Å²) in [5, 5.41) is 0. The molecule has 0 spiro atoms.